The van der Waals surface area contributed by atoms with Gasteiger partial charge >= 0.3 is 0 Å². The molecule has 0 radical (unpaired) electrons. The number of aromatic nitrogens is 4. The van der Waals surface area contributed by atoms with Crippen LogP contribution in [0.2, 0.25) is 0 Å². The Kier molecular flexibility index (Phi) is 3.68. The van der Waals surface area contributed by atoms with Gasteiger partial charge in [-0.25, -0.2) is 4.98 Å². The van der Waals surface area contributed by atoms with Gasteiger partial charge in [0.25, 0.3) is 5.88 Å². The molecule has 2 aromatic rings. The zero-order valence-corrected chi connectivity index (χ0v) is 11.9. The van der Waals surface area contributed by atoms with Crippen molar-refractivity contribution in [3.05, 3.63) is 23.7 Å². The van der Waals surface area contributed by atoms with Crippen molar-refractivity contribution >= 4 is 5.95 Å². The van der Waals surface area contributed by atoms with E-state index in [0.29, 0.717) is 30.1 Å². The summed E-state index contributed by atoms with van der Waals surface area (Å²) in [5.41, 5.74) is 0. The number of methoxy groups -OCH3 is 1. The van der Waals surface area contributed by atoms with E-state index in [4.69, 9.17) is 9.26 Å². The molecule has 3 rings (SSSR count). The van der Waals surface area contributed by atoms with Crippen molar-refractivity contribution in [3.8, 4) is 5.88 Å². The van der Waals surface area contributed by atoms with Gasteiger partial charge in [-0.1, -0.05) is 11.6 Å². The van der Waals surface area contributed by atoms with E-state index < -0.39 is 5.82 Å². The van der Waals surface area contributed by atoms with Crippen LogP contribution in [0.5, 0.6) is 5.88 Å². The minimum Gasteiger partial charge on any atom is -0.479 e. The van der Waals surface area contributed by atoms with Crippen molar-refractivity contribution < 1.29 is 13.7 Å². The molecule has 0 atom stereocenters. The maximum atomic E-state index is 13.3. The van der Waals surface area contributed by atoms with Gasteiger partial charge in [-0.05, 0) is 12.8 Å². The summed E-state index contributed by atoms with van der Waals surface area (Å²) in [5.74, 6) is 1.31. The summed E-state index contributed by atoms with van der Waals surface area (Å²) in [7, 11) is 3.13. The molecule has 1 fully saturated rings. The smallest absolute Gasteiger partial charge is 0.255 e. The molecule has 112 valence electrons. The molecule has 0 bridgehead atoms. The summed E-state index contributed by atoms with van der Waals surface area (Å²) < 4.78 is 23.4. The third-order valence-corrected chi connectivity index (χ3v) is 3.55. The van der Waals surface area contributed by atoms with Gasteiger partial charge in [-0.3, -0.25) is 0 Å². The predicted molar refractivity (Wildman–Crippen MR) is 71.5 cm³/mol. The van der Waals surface area contributed by atoms with Crippen LogP contribution in [0, 0.1) is 5.82 Å². The third-order valence-electron chi connectivity index (χ3n) is 3.55. The Bertz CT molecular complexity index is 629. The minimum absolute atomic E-state index is 0.0879. The van der Waals surface area contributed by atoms with Gasteiger partial charge in [0, 0.05) is 13.0 Å². The molecule has 7 nitrogen and oxygen atoms in total. The van der Waals surface area contributed by atoms with E-state index in [1.54, 1.807) is 11.9 Å². The van der Waals surface area contributed by atoms with Crippen LogP contribution in [0.15, 0.2) is 10.7 Å². The zero-order valence-electron chi connectivity index (χ0n) is 11.9. The Morgan fingerprint density at radius 2 is 2.24 bits per heavy atom. The molecule has 1 aliphatic carbocycles. The number of hydrogen-bond acceptors (Lipinski definition) is 7. The van der Waals surface area contributed by atoms with Gasteiger partial charge in [-0.15, -0.1) is 0 Å². The molecule has 0 saturated heterocycles. The Hall–Kier alpha value is -2.25. The number of rotatable bonds is 5. The van der Waals surface area contributed by atoms with Crippen LogP contribution in [0.3, 0.4) is 0 Å². The summed E-state index contributed by atoms with van der Waals surface area (Å²) in [5, 5.41) is 3.96. The Labute approximate surface area is 121 Å². The van der Waals surface area contributed by atoms with E-state index >= 15 is 0 Å². The maximum Gasteiger partial charge on any atom is 0.255 e. The second kappa shape index (κ2) is 5.63. The van der Waals surface area contributed by atoms with E-state index in [-0.39, 0.29) is 5.88 Å². The fraction of sp³-hybridized carbons (Fsp3) is 0.538. The van der Waals surface area contributed by atoms with E-state index in [2.05, 4.69) is 20.1 Å². The summed E-state index contributed by atoms with van der Waals surface area (Å²) in [4.78, 5) is 14.0. The van der Waals surface area contributed by atoms with E-state index in [0.717, 1.165) is 19.0 Å². The van der Waals surface area contributed by atoms with Crippen LogP contribution in [0.4, 0.5) is 10.3 Å². The van der Waals surface area contributed by atoms with Crippen molar-refractivity contribution in [2.45, 2.75) is 31.7 Å². The van der Waals surface area contributed by atoms with E-state index in [9.17, 15) is 4.39 Å². The first-order valence-electron chi connectivity index (χ1n) is 6.77. The quantitative estimate of drug-likeness (QED) is 0.833. The van der Waals surface area contributed by atoms with Crippen LogP contribution >= 0.6 is 0 Å². The van der Waals surface area contributed by atoms with Gasteiger partial charge in [0.15, 0.2) is 5.82 Å². The number of halogens is 1. The highest BCUT2D eigenvalue weighted by atomic mass is 19.1. The highest BCUT2D eigenvalue weighted by Crippen LogP contribution is 2.35. The highest BCUT2D eigenvalue weighted by molar-refractivity contribution is 5.31. The Morgan fingerprint density at radius 3 is 2.90 bits per heavy atom. The molecule has 1 saturated carbocycles. The van der Waals surface area contributed by atoms with Gasteiger partial charge < -0.3 is 14.2 Å². The van der Waals surface area contributed by atoms with E-state index in [1.165, 1.54) is 13.5 Å². The second-order valence-corrected chi connectivity index (χ2v) is 5.06. The molecular weight excluding hydrogens is 277 g/mol. The van der Waals surface area contributed by atoms with Crippen LogP contribution < -0.4 is 9.64 Å². The van der Waals surface area contributed by atoms with Gasteiger partial charge in [0.2, 0.25) is 17.7 Å². The fourth-order valence-corrected chi connectivity index (χ4v) is 2.11. The SMILES string of the molecule is COc1nc(N(C)Cc2noc(C3CCC3)n2)ncc1F. The largest absolute Gasteiger partial charge is 0.479 e. The topological polar surface area (TPSA) is 77.2 Å². The Morgan fingerprint density at radius 1 is 1.43 bits per heavy atom. The van der Waals surface area contributed by atoms with Crippen LogP contribution in [-0.4, -0.2) is 34.3 Å². The molecular formula is C13H16FN5O2. The lowest BCUT2D eigenvalue weighted by molar-refractivity contribution is 0.291. The number of hydrogen-bond donors (Lipinski definition) is 0. The lowest BCUT2D eigenvalue weighted by Crippen LogP contribution is -2.20. The second-order valence-electron chi connectivity index (χ2n) is 5.06. The third kappa shape index (κ3) is 2.79. The molecule has 0 N–H and O–H groups in total. The first kappa shape index (κ1) is 13.7. The van der Waals surface area contributed by atoms with Crippen molar-refractivity contribution in [3.63, 3.8) is 0 Å². The van der Waals surface area contributed by atoms with Crippen molar-refractivity contribution in [2.24, 2.45) is 0 Å². The summed E-state index contributed by atoms with van der Waals surface area (Å²) >= 11 is 0. The van der Waals surface area contributed by atoms with Gasteiger partial charge in [0.1, 0.15) is 0 Å². The number of ether oxygens (including phenoxy) is 1. The standard InChI is InChI=1S/C13H16FN5O2/c1-19(13-15-6-9(14)12(17-13)20-2)7-10-16-11(21-18-10)8-4-3-5-8/h6,8H,3-5,7H2,1-2H3. The van der Waals surface area contributed by atoms with E-state index in [1.807, 2.05) is 0 Å². The van der Waals surface area contributed by atoms with Crippen LogP contribution in [0.25, 0.3) is 0 Å². The van der Waals surface area contributed by atoms with Gasteiger partial charge in [-0.2, -0.15) is 14.4 Å². The average molecular weight is 293 g/mol. The lowest BCUT2D eigenvalue weighted by Gasteiger charge is -2.20. The molecule has 21 heavy (non-hydrogen) atoms. The molecule has 0 aromatic carbocycles. The van der Waals surface area contributed by atoms with Crippen molar-refractivity contribution in [1.82, 2.24) is 20.1 Å². The monoisotopic (exact) mass is 293 g/mol. The summed E-state index contributed by atoms with van der Waals surface area (Å²) in [6, 6.07) is 0. The van der Waals surface area contributed by atoms with Crippen LogP contribution in [-0.2, 0) is 6.54 Å². The first-order chi connectivity index (χ1) is 10.2. The molecule has 0 amide bonds. The first-order valence-corrected chi connectivity index (χ1v) is 6.77. The molecule has 0 unspecified atom stereocenters. The molecule has 2 aromatic heterocycles. The van der Waals surface area contributed by atoms with Crippen molar-refractivity contribution in [2.75, 3.05) is 19.1 Å². The molecule has 2 heterocycles. The molecule has 8 heteroatoms. The summed E-state index contributed by atoms with van der Waals surface area (Å²) in [6.07, 6.45) is 4.50. The summed E-state index contributed by atoms with van der Waals surface area (Å²) in [6.45, 7) is 0.380. The Balaban J connectivity index is 1.70. The number of anilines is 1. The van der Waals surface area contributed by atoms with Gasteiger partial charge in [0.05, 0.1) is 19.9 Å². The zero-order chi connectivity index (χ0) is 14.8. The molecule has 0 spiro atoms. The minimum atomic E-state index is -0.596. The number of nitrogens with zero attached hydrogens (tertiary/aromatic N) is 5. The van der Waals surface area contributed by atoms with Crippen LogP contribution in [0.1, 0.15) is 36.9 Å². The van der Waals surface area contributed by atoms with Crippen molar-refractivity contribution in [1.29, 1.82) is 0 Å². The molecule has 0 aliphatic heterocycles. The maximum absolute atomic E-state index is 13.3. The fourth-order valence-electron chi connectivity index (χ4n) is 2.11. The lowest BCUT2D eigenvalue weighted by atomic mass is 9.85. The molecule has 1 aliphatic rings. The normalized spacial score (nSPS) is 14.8. The average Bonchev–Trinajstić information content (AvgIpc) is 2.85. The highest BCUT2D eigenvalue weighted by Gasteiger charge is 2.25. The predicted octanol–water partition coefficient (Wildman–Crippen LogP) is 1.91.